The Bertz CT molecular complexity index is 2060. The van der Waals surface area contributed by atoms with E-state index >= 15 is 0 Å². The van der Waals surface area contributed by atoms with Gasteiger partial charge in [0.25, 0.3) is 10.1 Å². The Morgan fingerprint density at radius 3 is 2.42 bits per heavy atom. The predicted octanol–water partition coefficient (Wildman–Crippen LogP) is 10.0. The van der Waals surface area contributed by atoms with Gasteiger partial charge in [-0.2, -0.15) is 8.42 Å². The quantitative estimate of drug-likeness (QED) is 0.166. The monoisotopic (exact) mass is 739 g/mol. The fourth-order valence-corrected chi connectivity index (χ4v) is 9.77. The molecule has 0 bridgehead atoms. The third-order valence-electron chi connectivity index (χ3n) is 12.0. The number of anilines is 1. The van der Waals surface area contributed by atoms with Gasteiger partial charge in [0, 0.05) is 34.0 Å². The Balaban J connectivity index is 0.000000902. The van der Waals surface area contributed by atoms with Crippen LogP contribution in [-0.4, -0.2) is 48.6 Å². The summed E-state index contributed by atoms with van der Waals surface area (Å²) in [6.07, 6.45) is 11.6. The lowest BCUT2D eigenvalue weighted by Crippen LogP contribution is -2.43. The molecule has 3 atom stereocenters. The van der Waals surface area contributed by atoms with Crippen LogP contribution in [0, 0.1) is 0 Å². The molecule has 7 nitrogen and oxygen atoms in total. The molecule has 7 rings (SSSR count). The van der Waals surface area contributed by atoms with Gasteiger partial charge in [-0.15, -0.1) is 0 Å². The van der Waals surface area contributed by atoms with Crippen molar-refractivity contribution in [3.8, 4) is 0 Å². The second kappa shape index (κ2) is 15.6. The topological polar surface area (TPSA) is 104 Å². The number of fused-ring (bicyclic) bond motifs is 8. The molecule has 3 heterocycles. The highest BCUT2D eigenvalue weighted by Crippen LogP contribution is 2.57. The number of rotatable bonds is 9. The third-order valence-corrected chi connectivity index (χ3v) is 12.8. The van der Waals surface area contributed by atoms with Crippen molar-refractivity contribution < 1.29 is 27.6 Å². The van der Waals surface area contributed by atoms with E-state index in [-0.39, 0.29) is 24.4 Å². The first-order valence-corrected chi connectivity index (χ1v) is 21.2. The minimum atomic E-state index is -4.03. The molecule has 284 valence electrons. The lowest BCUT2D eigenvalue weighted by Gasteiger charge is -2.44. The number of carbonyl (C=O) groups is 1. The number of benzene rings is 3. The average molecular weight is 740 g/mol. The van der Waals surface area contributed by atoms with Crippen molar-refractivity contribution in [3.63, 3.8) is 0 Å². The standard InChI is InChI=1S/C40H45NO6S.C5H12/c1-25-30-24-31-35(47-34(30)13-9-11-28-15-14-26(23-36(42)43)22-33(28)39(25,2)3)18-20-41-37-29-12-6-5-10-27(29)16-17-32(37)40(4,38(31)41)19-7-8-21-48(44,45)46;1-3-5-4-2/h5-6,10,12,14-17,22,24,34-35H,1,7-9,11,13,18-21,23H2,2-4H3,(H,42,43)(H,44,45,46);3-5H2,1-2H3. The number of nitrogens with zero attached hydrogens (tertiary/aromatic N) is 1. The first kappa shape index (κ1) is 39.0. The number of carboxylic acids is 1. The zero-order valence-electron chi connectivity index (χ0n) is 32.2. The third kappa shape index (κ3) is 7.78. The van der Waals surface area contributed by atoms with Crippen molar-refractivity contribution in [1.82, 2.24) is 0 Å². The van der Waals surface area contributed by atoms with E-state index in [1.807, 2.05) is 6.07 Å². The van der Waals surface area contributed by atoms with Crippen LogP contribution in [0.5, 0.6) is 0 Å². The summed E-state index contributed by atoms with van der Waals surface area (Å²) in [6.45, 7) is 16.6. The van der Waals surface area contributed by atoms with Crippen molar-refractivity contribution in [2.24, 2.45) is 0 Å². The van der Waals surface area contributed by atoms with Gasteiger partial charge < -0.3 is 14.7 Å². The summed E-state index contributed by atoms with van der Waals surface area (Å²) in [5.74, 6) is -1.09. The van der Waals surface area contributed by atoms with Crippen LogP contribution >= 0.6 is 0 Å². The maximum absolute atomic E-state index is 11.6. The predicted molar refractivity (Wildman–Crippen MR) is 215 cm³/mol. The molecule has 2 N–H and O–H groups in total. The zero-order chi connectivity index (χ0) is 38.1. The molecular weight excluding hydrogens is 683 g/mol. The summed E-state index contributed by atoms with van der Waals surface area (Å²) in [4.78, 5) is 14.1. The summed E-state index contributed by atoms with van der Waals surface area (Å²) in [7, 11) is -4.03. The fraction of sp³-hybridized carbons (Fsp3) is 0.489. The normalized spacial score (nSPS) is 23.2. The molecule has 0 aromatic heterocycles. The van der Waals surface area contributed by atoms with Crippen LogP contribution in [0.3, 0.4) is 0 Å². The second-order valence-corrected chi connectivity index (χ2v) is 17.7. The molecule has 3 aliphatic heterocycles. The molecule has 0 saturated heterocycles. The van der Waals surface area contributed by atoms with Crippen LogP contribution in [0.2, 0.25) is 0 Å². The molecule has 1 aliphatic carbocycles. The van der Waals surface area contributed by atoms with Crippen LogP contribution in [0.1, 0.15) is 115 Å². The molecule has 4 aliphatic rings. The van der Waals surface area contributed by atoms with E-state index in [0.717, 1.165) is 60.9 Å². The van der Waals surface area contributed by atoms with E-state index < -0.39 is 26.9 Å². The number of hydrogen-bond acceptors (Lipinski definition) is 5. The molecule has 53 heavy (non-hydrogen) atoms. The largest absolute Gasteiger partial charge is 0.481 e. The van der Waals surface area contributed by atoms with Gasteiger partial charge in [-0.05, 0) is 90.3 Å². The molecule has 0 spiro atoms. The number of carboxylic acid groups (broad SMARTS) is 1. The highest BCUT2D eigenvalue weighted by Gasteiger charge is 2.50. The molecule has 0 fully saturated rings. The first-order valence-electron chi connectivity index (χ1n) is 19.6. The van der Waals surface area contributed by atoms with Crippen LogP contribution in [-0.2, 0) is 43.3 Å². The molecule has 0 radical (unpaired) electrons. The number of aliphatic carboxylic acids is 1. The molecule has 8 heteroatoms. The van der Waals surface area contributed by atoms with Crippen molar-refractivity contribution >= 4 is 32.5 Å². The van der Waals surface area contributed by atoms with Crippen LogP contribution in [0.4, 0.5) is 5.69 Å². The van der Waals surface area contributed by atoms with Crippen LogP contribution in [0.25, 0.3) is 10.8 Å². The summed E-state index contributed by atoms with van der Waals surface area (Å²) in [6, 6.07) is 19.0. The highest BCUT2D eigenvalue weighted by molar-refractivity contribution is 7.85. The Morgan fingerprint density at radius 2 is 1.72 bits per heavy atom. The van der Waals surface area contributed by atoms with Gasteiger partial charge >= 0.3 is 5.97 Å². The minimum absolute atomic E-state index is 0.0178. The molecule has 0 amide bonds. The van der Waals surface area contributed by atoms with Gasteiger partial charge in [0.05, 0.1) is 30.1 Å². The number of aryl methyl sites for hydroxylation is 1. The van der Waals surface area contributed by atoms with E-state index in [2.05, 4.69) is 94.1 Å². The van der Waals surface area contributed by atoms with Crippen molar-refractivity contribution in [2.75, 3.05) is 17.2 Å². The SMILES string of the molecule is C=C1C2=CC3=C4N(CCC3OC2CCCc2ccc(CC(=O)O)cc2C1(C)C)c1c(ccc2ccccc12)C4(C)CCCCS(=O)(=O)O.CCCCC. The maximum Gasteiger partial charge on any atom is 0.307 e. The van der Waals surface area contributed by atoms with Crippen molar-refractivity contribution in [3.05, 3.63) is 112 Å². The lowest BCUT2D eigenvalue weighted by molar-refractivity contribution is -0.136. The van der Waals surface area contributed by atoms with Crippen LogP contribution in [0.15, 0.2) is 89.7 Å². The van der Waals surface area contributed by atoms with E-state index in [4.69, 9.17) is 11.3 Å². The summed E-state index contributed by atoms with van der Waals surface area (Å²) >= 11 is 0. The highest BCUT2D eigenvalue weighted by atomic mass is 32.2. The lowest BCUT2D eigenvalue weighted by atomic mass is 9.70. The van der Waals surface area contributed by atoms with Gasteiger partial charge in [-0.1, -0.05) is 115 Å². The fourth-order valence-electron chi connectivity index (χ4n) is 9.20. The Labute approximate surface area is 316 Å². The first-order chi connectivity index (χ1) is 25.2. The van der Waals surface area contributed by atoms with E-state index in [1.165, 1.54) is 58.1 Å². The van der Waals surface area contributed by atoms with Gasteiger partial charge in [0.15, 0.2) is 0 Å². The molecule has 3 aromatic carbocycles. The summed E-state index contributed by atoms with van der Waals surface area (Å²) < 4.78 is 39.7. The van der Waals surface area contributed by atoms with Gasteiger partial charge in [-0.25, -0.2) is 0 Å². The van der Waals surface area contributed by atoms with Crippen molar-refractivity contribution in [1.29, 1.82) is 0 Å². The molecule has 3 aromatic rings. The maximum atomic E-state index is 11.6. The number of unbranched alkanes of at least 4 members (excludes halogenated alkanes) is 3. The Morgan fingerprint density at radius 1 is 0.962 bits per heavy atom. The van der Waals surface area contributed by atoms with Crippen molar-refractivity contribution in [2.45, 2.75) is 128 Å². The Kier molecular flexibility index (Phi) is 11.4. The second-order valence-electron chi connectivity index (χ2n) is 16.1. The number of allylic oxidation sites excluding steroid dienone is 1. The number of ether oxygens (including phenoxy) is 1. The zero-order valence-corrected chi connectivity index (χ0v) is 33.0. The smallest absolute Gasteiger partial charge is 0.307 e. The van der Waals surface area contributed by atoms with Gasteiger partial charge in [-0.3, -0.25) is 9.35 Å². The van der Waals surface area contributed by atoms with E-state index in [9.17, 15) is 22.9 Å². The van der Waals surface area contributed by atoms with Gasteiger partial charge in [0.2, 0.25) is 0 Å². The van der Waals surface area contributed by atoms with Crippen LogP contribution < -0.4 is 4.90 Å². The van der Waals surface area contributed by atoms with Gasteiger partial charge in [0.1, 0.15) is 0 Å². The summed E-state index contributed by atoms with van der Waals surface area (Å²) in [5, 5.41) is 11.9. The summed E-state index contributed by atoms with van der Waals surface area (Å²) in [5.41, 5.74) is 9.24. The minimum Gasteiger partial charge on any atom is -0.481 e. The molecule has 0 saturated carbocycles. The average Bonchev–Trinajstić information content (AvgIpc) is 3.39. The van der Waals surface area contributed by atoms with E-state index in [0.29, 0.717) is 12.8 Å². The molecular formula is C45H57NO6S. The molecule has 3 unspecified atom stereocenters. The number of hydrogen-bond donors (Lipinski definition) is 2. The Hall–Kier alpha value is -3.72. The van der Waals surface area contributed by atoms with E-state index in [1.54, 1.807) is 0 Å².